The lowest BCUT2D eigenvalue weighted by molar-refractivity contribution is 0.112. The Morgan fingerprint density at radius 3 is 3.00 bits per heavy atom. The van der Waals surface area contributed by atoms with E-state index in [1.807, 2.05) is 4.68 Å². The van der Waals surface area contributed by atoms with Crippen LogP contribution in [-0.4, -0.2) is 55.7 Å². The highest BCUT2D eigenvalue weighted by molar-refractivity contribution is 7.92. The number of nitrogens with zero attached hydrogens (tertiary/aromatic N) is 3. The molecule has 3 heterocycles. The molecule has 0 bridgehead atoms. The fourth-order valence-electron chi connectivity index (χ4n) is 3.12. The third-order valence-electron chi connectivity index (χ3n) is 4.08. The van der Waals surface area contributed by atoms with E-state index in [0.717, 1.165) is 25.8 Å². The van der Waals surface area contributed by atoms with Crippen molar-refractivity contribution in [2.24, 2.45) is 0 Å². The second kappa shape index (κ2) is 7.22. The number of hydrogen-bond donors (Lipinski definition) is 1. The number of sulfonamides is 1. The molecule has 0 unspecified atom stereocenters. The maximum Gasteiger partial charge on any atom is 0.229 e. The third-order valence-corrected chi connectivity index (χ3v) is 5.55. The maximum absolute atomic E-state index is 11.3. The number of nitrogens with one attached hydrogen (secondary N) is 1. The molecule has 0 aliphatic carbocycles. The van der Waals surface area contributed by atoms with E-state index in [0.29, 0.717) is 18.3 Å². The lowest BCUT2D eigenvalue weighted by atomic mass is 10.2. The minimum atomic E-state index is -3.28. The van der Waals surface area contributed by atoms with Crippen LogP contribution in [-0.2, 0) is 21.3 Å². The molecule has 0 aromatic carbocycles. The summed E-state index contributed by atoms with van der Waals surface area (Å²) in [4.78, 5) is 3.74. The first-order chi connectivity index (χ1) is 11.4. The van der Waals surface area contributed by atoms with Crippen LogP contribution < -0.4 is 4.72 Å². The Kier molecular flexibility index (Phi) is 5.24. The van der Waals surface area contributed by atoms with E-state index >= 15 is 0 Å². The summed E-state index contributed by atoms with van der Waals surface area (Å²) in [5.74, 6) is 0. The molecular weight excluding hydrogens is 348 g/mol. The van der Waals surface area contributed by atoms with Crippen LogP contribution in [0.2, 0.25) is 0 Å². The van der Waals surface area contributed by atoms with Gasteiger partial charge in [0.05, 0.1) is 30.8 Å². The summed E-state index contributed by atoms with van der Waals surface area (Å²) in [7, 11) is -1.56. The van der Waals surface area contributed by atoms with Gasteiger partial charge in [-0.3, -0.25) is 14.3 Å². The highest BCUT2D eigenvalue weighted by Gasteiger charge is 2.33. The smallest absolute Gasteiger partial charge is 0.229 e. The number of hydrogen-bond acceptors (Lipinski definition) is 6. The Hall–Kier alpha value is -1.42. The minimum Gasteiger partial charge on any atom is -0.383 e. The van der Waals surface area contributed by atoms with E-state index in [2.05, 4.69) is 32.2 Å². The van der Waals surface area contributed by atoms with Crippen molar-refractivity contribution in [3.8, 4) is 0 Å². The third kappa shape index (κ3) is 4.35. The molecule has 3 rings (SSSR count). The molecule has 1 aliphatic heterocycles. The van der Waals surface area contributed by atoms with Crippen LogP contribution in [0.3, 0.4) is 0 Å². The van der Waals surface area contributed by atoms with E-state index < -0.39 is 10.0 Å². The van der Waals surface area contributed by atoms with Gasteiger partial charge in [-0.1, -0.05) is 6.07 Å². The van der Waals surface area contributed by atoms with Gasteiger partial charge in [-0.2, -0.15) is 5.10 Å². The minimum absolute atomic E-state index is 0.209. The molecule has 1 aliphatic rings. The van der Waals surface area contributed by atoms with Crippen molar-refractivity contribution < 1.29 is 13.2 Å². The summed E-state index contributed by atoms with van der Waals surface area (Å²) in [5.41, 5.74) is 0.498. The zero-order valence-electron chi connectivity index (χ0n) is 13.8. The van der Waals surface area contributed by atoms with Gasteiger partial charge >= 0.3 is 0 Å². The summed E-state index contributed by atoms with van der Waals surface area (Å²) < 4.78 is 32.3. The average molecular weight is 371 g/mol. The Morgan fingerprint density at radius 2 is 2.33 bits per heavy atom. The molecule has 0 radical (unpaired) electrons. The van der Waals surface area contributed by atoms with Crippen LogP contribution in [0.25, 0.3) is 0 Å². The standard InChI is InChI=1S/C15H22N4O3S2/c1-22-11-14-6-13(9-18(14)10-15-4-3-5-23-15)19-8-12(7-16-19)17-24(2,20)21/h3-5,7-8,13-14,17H,6,9-11H2,1-2H3/t13-,14-/m0/s1. The Labute approximate surface area is 146 Å². The number of methoxy groups -OCH3 is 1. The Balaban J connectivity index is 1.70. The molecular formula is C15H22N4O3S2. The molecule has 2 atom stereocenters. The second-order valence-corrected chi connectivity index (χ2v) is 8.87. The fraction of sp³-hybridized carbons (Fsp3) is 0.533. The maximum atomic E-state index is 11.3. The molecule has 1 fully saturated rings. The molecule has 0 saturated carbocycles. The predicted octanol–water partition coefficient (Wildman–Crippen LogP) is 1.78. The van der Waals surface area contributed by atoms with Gasteiger partial charge in [0.2, 0.25) is 10.0 Å². The van der Waals surface area contributed by atoms with E-state index in [-0.39, 0.29) is 6.04 Å². The van der Waals surface area contributed by atoms with Crippen molar-refractivity contribution >= 4 is 27.0 Å². The first-order valence-corrected chi connectivity index (χ1v) is 10.5. The molecule has 9 heteroatoms. The summed E-state index contributed by atoms with van der Waals surface area (Å²) in [6, 6.07) is 4.75. The molecule has 1 N–H and O–H groups in total. The second-order valence-electron chi connectivity index (χ2n) is 6.09. The quantitative estimate of drug-likeness (QED) is 0.804. The van der Waals surface area contributed by atoms with Crippen LogP contribution in [0.4, 0.5) is 5.69 Å². The van der Waals surface area contributed by atoms with Gasteiger partial charge in [0.1, 0.15) is 0 Å². The molecule has 24 heavy (non-hydrogen) atoms. The largest absolute Gasteiger partial charge is 0.383 e. The fourth-order valence-corrected chi connectivity index (χ4v) is 4.38. The number of likely N-dealkylation sites (tertiary alicyclic amines) is 1. The van der Waals surface area contributed by atoms with E-state index in [1.54, 1.807) is 30.8 Å². The molecule has 2 aromatic heterocycles. The molecule has 1 saturated heterocycles. The first-order valence-electron chi connectivity index (χ1n) is 7.72. The number of anilines is 1. The predicted molar refractivity (Wildman–Crippen MR) is 94.7 cm³/mol. The summed E-state index contributed by atoms with van der Waals surface area (Å²) in [5, 5.41) is 6.42. The van der Waals surface area contributed by atoms with Crippen molar-refractivity contribution in [3.05, 3.63) is 34.8 Å². The molecule has 0 amide bonds. The van der Waals surface area contributed by atoms with Crippen molar-refractivity contribution in [1.29, 1.82) is 0 Å². The van der Waals surface area contributed by atoms with Crippen LogP contribution >= 0.6 is 11.3 Å². The SMILES string of the molecule is COC[C@@H]1C[C@H](n2cc(NS(C)(=O)=O)cn2)CN1Cc1cccs1. The summed E-state index contributed by atoms with van der Waals surface area (Å²) in [6.07, 6.45) is 5.37. The van der Waals surface area contributed by atoms with Gasteiger partial charge in [0.15, 0.2) is 0 Å². The van der Waals surface area contributed by atoms with Gasteiger partial charge in [0, 0.05) is 37.3 Å². The van der Waals surface area contributed by atoms with Gasteiger partial charge in [-0.25, -0.2) is 8.42 Å². The summed E-state index contributed by atoms with van der Waals surface area (Å²) >= 11 is 1.76. The average Bonchev–Trinajstić information content (AvgIpc) is 3.20. The first kappa shape index (κ1) is 17.4. The number of aromatic nitrogens is 2. The molecule has 2 aromatic rings. The lowest BCUT2D eigenvalue weighted by Gasteiger charge is -2.22. The van der Waals surface area contributed by atoms with Crippen molar-refractivity contribution in [3.63, 3.8) is 0 Å². The molecule has 7 nitrogen and oxygen atoms in total. The van der Waals surface area contributed by atoms with Crippen LogP contribution in [0.5, 0.6) is 0 Å². The van der Waals surface area contributed by atoms with Crippen LogP contribution in [0.1, 0.15) is 17.3 Å². The van der Waals surface area contributed by atoms with Gasteiger partial charge in [0.25, 0.3) is 0 Å². The molecule has 0 spiro atoms. The lowest BCUT2D eigenvalue weighted by Crippen LogP contribution is -2.32. The van der Waals surface area contributed by atoms with Crippen LogP contribution in [0.15, 0.2) is 29.9 Å². The molecule has 132 valence electrons. The van der Waals surface area contributed by atoms with E-state index in [4.69, 9.17) is 4.74 Å². The zero-order valence-corrected chi connectivity index (χ0v) is 15.4. The van der Waals surface area contributed by atoms with Crippen molar-refractivity contribution in [2.75, 3.05) is 31.2 Å². The zero-order chi connectivity index (χ0) is 17.2. The normalized spacial score (nSPS) is 22.1. The van der Waals surface area contributed by atoms with E-state index in [9.17, 15) is 8.42 Å². The Morgan fingerprint density at radius 1 is 1.50 bits per heavy atom. The van der Waals surface area contributed by atoms with Crippen LogP contribution in [0, 0.1) is 0 Å². The number of ether oxygens (including phenoxy) is 1. The highest BCUT2D eigenvalue weighted by atomic mass is 32.2. The van der Waals surface area contributed by atoms with Crippen molar-refractivity contribution in [2.45, 2.75) is 25.0 Å². The van der Waals surface area contributed by atoms with Gasteiger partial charge < -0.3 is 4.74 Å². The van der Waals surface area contributed by atoms with Gasteiger partial charge in [-0.05, 0) is 17.9 Å². The monoisotopic (exact) mass is 370 g/mol. The van der Waals surface area contributed by atoms with Gasteiger partial charge in [-0.15, -0.1) is 11.3 Å². The number of thiophene rings is 1. The van der Waals surface area contributed by atoms with E-state index in [1.165, 1.54) is 4.88 Å². The number of rotatable bonds is 7. The Bertz CT molecular complexity index is 758. The summed E-state index contributed by atoms with van der Waals surface area (Å²) in [6.45, 7) is 2.45. The van der Waals surface area contributed by atoms with Crippen molar-refractivity contribution in [1.82, 2.24) is 14.7 Å². The topological polar surface area (TPSA) is 76.5 Å². The highest BCUT2D eigenvalue weighted by Crippen LogP contribution is 2.30.